The first-order chi connectivity index (χ1) is 13.4. The fourth-order valence-electron chi connectivity index (χ4n) is 3.03. The number of benzene rings is 1. The van der Waals surface area contributed by atoms with E-state index in [4.69, 9.17) is 0 Å². The SMILES string of the molecule is CCC(CC)NC(=O)CSc1nc2sc(C)c(-c3ccc(F)cc3)c2c(=O)[nH]1. The highest BCUT2D eigenvalue weighted by Gasteiger charge is 2.17. The van der Waals surface area contributed by atoms with Gasteiger partial charge in [-0.2, -0.15) is 0 Å². The lowest BCUT2D eigenvalue weighted by Gasteiger charge is -2.14. The third-order valence-electron chi connectivity index (χ3n) is 4.54. The number of halogens is 1. The maximum Gasteiger partial charge on any atom is 0.260 e. The van der Waals surface area contributed by atoms with Crippen LogP contribution in [-0.4, -0.2) is 27.7 Å². The van der Waals surface area contributed by atoms with E-state index >= 15 is 0 Å². The van der Waals surface area contributed by atoms with E-state index in [1.165, 1.54) is 35.2 Å². The van der Waals surface area contributed by atoms with Crippen LogP contribution in [0, 0.1) is 12.7 Å². The van der Waals surface area contributed by atoms with E-state index in [0.717, 1.165) is 28.8 Å². The number of nitrogens with zero attached hydrogens (tertiary/aromatic N) is 1. The monoisotopic (exact) mass is 419 g/mol. The van der Waals surface area contributed by atoms with E-state index in [0.29, 0.717) is 15.4 Å². The van der Waals surface area contributed by atoms with Gasteiger partial charge in [0.25, 0.3) is 5.56 Å². The Morgan fingerprint density at radius 2 is 1.96 bits per heavy atom. The Balaban J connectivity index is 1.85. The van der Waals surface area contributed by atoms with Crippen molar-refractivity contribution in [3.05, 3.63) is 45.3 Å². The van der Waals surface area contributed by atoms with Crippen LogP contribution in [-0.2, 0) is 4.79 Å². The van der Waals surface area contributed by atoms with Crippen LogP contribution in [0.5, 0.6) is 0 Å². The molecule has 1 aromatic carbocycles. The highest BCUT2D eigenvalue weighted by Crippen LogP contribution is 2.36. The van der Waals surface area contributed by atoms with Crippen LogP contribution in [0.3, 0.4) is 0 Å². The fourth-order valence-corrected chi connectivity index (χ4v) is 4.80. The van der Waals surface area contributed by atoms with Crippen LogP contribution in [0.4, 0.5) is 4.39 Å². The van der Waals surface area contributed by atoms with Gasteiger partial charge in [0.05, 0.1) is 11.1 Å². The zero-order chi connectivity index (χ0) is 20.3. The van der Waals surface area contributed by atoms with E-state index < -0.39 is 0 Å². The van der Waals surface area contributed by atoms with Crippen molar-refractivity contribution in [1.82, 2.24) is 15.3 Å². The maximum absolute atomic E-state index is 13.2. The zero-order valence-electron chi connectivity index (χ0n) is 16.0. The lowest BCUT2D eigenvalue weighted by atomic mass is 10.0. The summed E-state index contributed by atoms with van der Waals surface area (Å²) < 4.78 is 13.2. The van der Waals surface area contributed by atoms with Crippen LogP contribution >= 0.6 is 23.1 Å². The topological polar surface area (TPSA) is 74.8 Å². The minimum atomic E-state index is -0.321. The summed E-state index contributed by atoms with van der Waals surface area (Å²) in [4.78, 5) is 33.6. The van der Waals surface area contributed by atoms with Crippen LogP contribution in [0.15, 0.2) is 34.2 Å². The van der Waals surface area contributed by atoms with E-state index in [1.807, 2.05) is 20.8 Å². The molecule has 0 bridgehead atoms. The van der Waals surface area contributed by atoms with Crippen molar-refractivity contribution in [2.75, 3.05) is 5.75 Å². The molecule has 0 spiro atoms. The molecule has 3 aromatic rings. The minimum Gasteiger partial charge on any atom is -0.353 e. The molecule has 28 heavy (non-hydrogen) atoms. The number of carbonyl (C=O) groups excluding carboxylic acids is 1. The van der Waals surface area contributed by atoms with Gasteiger partial charge in [-0.1, -0.05) is 37.7 Å². The summed E-state index contributed by atoms with van der Waals surface area (Å²) in [5.41, 5.74) is 1.30. The molecule has 8 heteroatoms. The van der Waals surface area contributed by atoms with Gasteiger partial charge in [-0.05, 0) is 37.5 Å². The van der Waals surface area contributed by atoms with Gasteiger partial charge >= 0.3 is 0 Å². The minimum absolute atomic E-state index is 0.0733. The number of fused-ring (bicyclic) bond motifs is 1. The second-order valence-electron chi connectivity index (χ2n) is 6.46. The van der Waals surface area contributed by atoms with Gasteiger partial charge in [-0.25, -0.2) is 9.37 Å². The van der Waals surface area contributed by atoms with Gasteiger partial charge in [0, 0.05) is 16.5 Å². The number of aromatic nitrogens is 2. The van der Waals surface area contributed by atoms with Crippen molar-refractivity contribution in [3.8, 4) is 11.1 Å². The summed E-state index contributed by atoms with van der Waals surface area (Å²) in [5.74, 6) is -0.200. The Kier molecular flexibility index (Phi) is 6.51. The average Bonchev–Trinajstić information content (AvgIpc) is 3.01. The summed E-state index contributed by atoms with van der Waals surface area (Å²) in [6, 6.07) is 6.24. The molecule has 5 nitrogen and oxygen atoms in total. The number of thioether (sulfide) groups is 1. The number of aryl methyl sites for hydroxylation is 1. The molecular weight excluding hydrogens is 397 g/mol. The molecule has 0 saturated heterocycles. The van der Waals surface area contributed by atoms with Gasteiger partial charge in [0.15, 0.2) is 5.16 Å². The molecule has 2 heterocycles. The molecule has 0 fully saturated rings. The smallest absolute Gasteiger partial charge is 0.260 e. The largest absolute Gasteiger partial charge is 0.353 e. The number of H-pyrrole nitrogens is 1. The molecule has 0 unspecified atom stereocenters. The lowest BCUT2D eigenvalue weighted by Crippen LogP contribution is -2.35. The van der Waals surface area contributed by atoms with Crippen LogP contribution in [0.2, 0.25) is 0 Å². The van der Waals surface area contributed by atoms with Crippen molar-refractivity contribution in [2.45, 2.75) is 44.8 Å². The molecule has 0 atom stereocenters. The normalized spacial score (nSPS) is 11.3. The van der Waals surface area contributed by atoms with E-state index in [1.54, 1.807) is 12.1 Å². The Bertz CT molecular complexity index is 1040. The molecule has 1 amide bonds. The number of thiophene rings is 1. The lowest BCUT2D eigenvalue weighted by molar-refractivity contribution is -0.119. The van der Waals surface area contributed by atoms with Gasteiger partial charge in [0.2, 0.25) is 5.91 Å². The first kappa shape index (κ1) is 20.5. The number of hydrogen-bond donors (Lipinski definition) is 2. The molecule has 0 aliphatic rings. The predicted molar refractivity (Wildman–Crippen MR) is 114 cm³/mol. The number of rotatable bonds is 7. The predicted octanol–water partition coefficient (Wildman–Crippen LogP) is 4.50. The summed E-state index contributed by atoms with van der Waals surface area (Å²) in [6.07, 6.45) is 1.77. The summed E-state index contributed by atoms with van der Waals surface area (Å²) >= 11 is 2.63. The number of amides is 1. The third-order valence-corrected chi connectivity index (χ3v) is 6.41. The summed E-state index contributed by atoms with van der Waals surface area (Å²) in [7, 11) is 0. The highest BCUT2D eigenvalue weighted by molar-refractivity contribution is 7.99. The standard InChI is InChI=1S/C20H22FN3O2S2/c1-4-14(5-2)22-15(25)10-27-20-23-18(26)17-16(11(3)28-19(17)24-20)12-6-8-13(21)9-7-12/h6-9,14H,4-5,10H2,1-3H3,(H,22,25)(H,23,24,26). The Hall–Kier alpha value is -2.19. The molecule has 0 radical (unpaired) electrons. The van der Waals surface area contributed by atoms with E-state index in [2.05, 4.69) is 15.3 Å². The van der Waals surface area contributed by atoms with Gasteiger partial charge < -0.3 is 10.3 Å². The van der Waals surface area contributed by atoms with Crippen molar-refractivity contribution in [1.29, 1.82) is 0 Å². The molecule has 2 aromatic heterocycles. The second-order valence-corrected chi connectivity index (χ2v) is 8.63. The van der Waals surface area contributed by atoms with Crippen molar-refractivity contribution in [2.24, 2.45) is 0 Å². The second kappa shape index (κ2) is 8.87. The Morgan fingerprint density at radius 1 is 1.29 bits per heavy atom. The van der Waals surface area contributed by atoms with E-state index in [-0.39, 0.29) is 29.1 Å². The Labute approximate surface area is 170 Å². The van der Waals surface area contributed by atoms with Crippen molar-refractivity contribution >= 4 is 39.2 Å². The average molecular weight is 420 g/mol. The number of aromatic amines is 1. The van der Waals surface area contributed by atoms with E-state index in [9.17, 15) is 14.0 Å². The molecule has 0 saturated carbocycles. The fraction of sp³-hybridized carbons (Fsp3) is 0.350. The molecular formula is C20H22FN3O2S2. The van der Waals surface area contributed by atoms with Gasteiger partial charge in [-0.15, -0.1) is 11.3 Å². The van der Waals surface area contributed by atoms with Crippen molar-refractivity contribution < 1.29 is 9.18 Å². The summed E-state index contributed by atoms with van der Waals surface area (Å²) in [6.45, 7) is 5.99. The van der Waals surface area contributed by atoms with Crippen LogP contribution in [0.1, 0.15) is 31.6 Å². The quantitative estimate of drug-likeness (QED) is 0.437. The molecule has 0 aliphatic heterocycles. The molecule has 3 rings (SSSR count). The number of carbonyl (C=O) groups is 1. The van der Waals surface area contributed by atoms with Gasteiger partial charge in [0.1, 0.15) is 10.6 Å². The zero-order valence-corrected chi connectivity index (χ0v) is 17.6. The van der Waals surface area contributed by atoms with Crippen LogP contribution < -0.4 is 10.9 Å². The molecule has 148 valence electrons. The van der Waals surface area contributed by atoms with Gasteiger partial charge in [-0.3, -0.25) is 9.59 Å². The first-order valence-corrected chi connectivity index (χ1v) is 10.9. The summed E-state index contributed by atoms with van der Waals surface area (Å²) in [5, 5.41) is 3.89. The van der Waals surface area contributed by atoms with Crippen LogP contribution in [0.25, 0.3) is 21.3 Å². The highest BCUT2D eigenvalue weighted by atomic mass is 32.2. The third kappa shape index (κ3) is 4.44. The number of nitrogens with one attached hydrogen (secondary N) is 2. The van der Waals surface area contributed by atoms with Crippen molar-refractivity contribution in [3.63, 3.8) is 0 Å². The molecule has 0 aliphatic carbocycles. The molecule has 2 N–H and O–H groups in total. The Morgan fingerprint density at radius 3 is 2.61 bits per heavy atom. The number of hydrogen-bond acceptors (Lipinski definition) is 5. The maximum atomic E-state index is 13.2. The first-order valence-electron chi connectivity index (χ1n) is 9.14.